The first-order valence-corrected chi connectivity index (χ1v) is 9.37. The van der Waals surface area contributed by atoms with Gasteiger partial charge in [0.2, 0.25) is 0 Å². The van der Waals surface area contributed by atoms with Crippen molar-refractivity contribution < 1.29 is 13.2 Å². The molecule has 2 aromatic rings. The fourth-order valence-corrected chi connectivity index (χ4v) is 4.02. The topological polar surface area (TPSA) is 57.7 Å². The molecule has 0 bridgehead atoms. The number of sulfonamides is 1. The van der Waals surface area contributed by atoms with Crippen molar-refractivity contribution in [3.05, 3.63) is 60.2 Å². The van der Waals surface area contributed by atoms with Crippen LogP contribution < -0.4 is 4.31 Å². The van der Waals surface area contributed by atoms with Crippen molar-refractivity contribution in [3.63, 3.8) is 0 Å². The number of carbonyl (C=O) groups is 1. The molecule has 0 aliphatic carbocycles. The van der Waals surface area contributed by atoms with E-state index in [4.69, 9.17) is 0 Å². The smallest absolute Gasteiger partial charge is 0.264 e. The van der Waals surface area contributed by atoms with Crippen molar-refractivity contribution in [1.29, 1.82) is 0 Å². The first kappa shape index (κ1) is 16.5. The third kappa shape index (κ3) is 3.14. The zero-order valence-electron chi connectivity index (χ0n) is 13.6. The van der Waals surface area contributed by atoms with Gasteiger partial charge in [-0.05, 0) is 49.2 Å². The van der Waals surface area contributed by atoms with Crippen LogP contribution in [0, 0.1) is 0 Å². The zero-order valence-corrected chi connectivity index (χ0v) is 14.4. The molecule has 0 aromatic heterocycles. The van der Waals surface area contributed by atoms with Crippen LogP contribution >= 0.6 is 0 Å². The Balaban J connectivity index is 1.81. The minimum atomic E-state index is -3.60. The molecular weight excluding hydrogens is 324 g/mol. The Hall–Kier alpha value is -2.34. The maximum absolute atomic E-state index is 12.6. The van der Waals surface area contributed by atoms with Crippen LogP contribution in [0.2, 0.25) is 0 Å². The van der Waals surface area contributed by atoms with Gasteiger partial charge in [-0.3, -0.25) is 9.10 Å². The molecule has 5 nitrogen and oxygen atoms in total. The molecule has 1 heterocycles. The predicted octanol–water partition coefficient (Wildman–Crippen LogP) is 2.75. The number of nitrogens with zero attached hydrogens (tertiary/aromatic N) is 2. The quantitative estimate of drug-likeness (QED) is 0.857. The predicted molar refractivity (Wildman–Crippen MR) is 93.6 cm³/mol. The average molecular weight is 344 g/mol. The molecule has 1 amide bonds. The standard InChI is InChI=1S/C18H20N2O3S/c1-19(24(22,23)17-7-3-2-4-8-17)16-11-9-15(10-12-16)18(21)20-13-5-6-14-20/h2-4,7-12H,5-6,13-14H2,1H3. The highest BCUT2D eigenvalue weighted by molar-refractivity contribution is 7.92. The normalized spacial score (nSPS) is 14.6. The molecule has 1 saturated heterocycles. The number of benzene rings is 2. The highest BCUT2D eigenvalue weighted by Crippen LogP contribution is 2.23. The Morgan fingerprint density at radius 1 is 0.958 bits per heavy atom. The van der Waals surface area contributed by atoms with E-state index in [2.05, 4.69) is 0 Å². The van der Waals surface area contributed by atoms with Gasteiger partial charge in [0.1, 0.15) is 0 Å². The third-order valence-electron chi connectivity index (χ3n) is 4.27. The van der Waals surface area contributed by atoms with Crippen LogP contribution in [-0.2, 0) is 10.0 Å². The van der Waals surface area contributed by atoms with E-state index < -0.39 is 10.0 Å². The summed E-state index contributed by atoms with van der Waals surface area (Å²) in [6.45, 7) is 1.59. The molecule has 0 radical (unpaired) electrons. The molecule has 0 N–H and O–H groups in total. The van der Waals surface area contributed by atoms with E-state index in [1.54, 1.807) is 54.6 Å². The lowest BCUT2D eigenvalue weighted by Crippen LogP contribution is -2.28. The zero-order chi connectivity index (χ0) is 17.2. The van der Waals surface area contributed by atoms with Crippen LogP contribution in [0.15, 0.2) is 59.5 Å². The highest BCUT2D eigenvalue weighted by atomic mass is 32.2. The van der Waals surface area contributed by atoms with Gasteiger partial charge in [0.25, 0.3) is 15.9 Å². The number of anilines is 1. The lowest BCUT2D eigenvalue weighted by Gasteiger charge is -2.20. The first-order chi connectivity index (χ1) is 11.5. The van der Waals surface area contributed by atoms with Crippen LogP contribution in [0.4, 0.5) is 5.69 Å². The van der Waals surface area contributed by atoms with Gasteiger partial charge in [-0.15, -0.1) is 0 Å². The van der Waals surface area contributed by atoms with E-state index in [9.17, 15) is 13.2 Å². The maximum atomic E-state index is 12.6. The van der Waals surface area contributed by atoms with E-state index in [1.165, 1.54) is 11.4 Å². The number of amides is 1. The second-order valence-corrected chi connectivity index (χ2v) is 7.80. The van der Waals surface area contributed by atoms with E-state index in [1.807, 2.05) is 4.90 Å². The molecule has 126 valence electrons. The fourth-order valence-electron chi connectivity index (χ4n) is 2.81. The monoisotopic (exact) mass is 344 g/mol. The molecule has 0 unspecified atom stereocenters. The molecule has 3 rings (SSSR count). The number of hydrogen-bond donors (Lipinski definition) is 0. The molecule has 1 fully saturated rings. The van der Waals surface area contributed by atoms with Gasteiger partial charge in [0, 0.05) is 25.7 Å². The SMILES string of the molecule is CN(c1ccc(C(=O)N2CCCC2)cc1)S(=O)(=O)c1ccccc1. The Kier molecular flexibility index (Phi) is 4.57. The third-order valence-corrected chi connectivity index (χ3v) is 6.07. The minimum absolute atomic E-state index is 0.00706. The van der Waals surface area contributed by atoms with Crippen LogP contribution in [0.25, 0.3) is 0 Å². The Morgan fingerprint density at radius 3 is 2.12 bits per heavy atom. The second-order valence-electron chi connectivity index (χ2n) is 5.83. The molecule has 2 aromatic carbocycles. The van der Waals surface area contributed by atoms with E-state index in [0.717, 1.165) is 25.9 Å². The van der Waals surface area contributed by atoms with Gasteiger partial charge in [-0.25, -0.2) is 8.42 Å². The molecule has 0 saturated carbocycles. The van der Waals surface area contributed by atoms with Crippen molar-refractivity contribution in [3.8, 4) is 0 Å². The fraction of sp³-hybridized carbons (Fsp3) is 0.278. The van der Waals surface area contributed by atoms with Crippen molar-refractivity contribution in [1.82, 2.24) is 4.90 Å². The highest BCUT2D eigenvalue weighted by Gasteiger charge is 2.22. The molecular formula is C18H20N2O3S. The van der Waals surface area contributed by atoms with E-state index in [0.29, 0.717) is 11.3 Å². The summed E-state index contributed by atoms with van der Waals surface area (Å²) >= 11 is 0. The summed E-state index contributed by atoms with van der Waals surface area (Å²) < 4.78 is 26.5. The summed E-state index contributed by atoms with van der Waals surface area (Å²) in [4.78, 5) is 14.4. The van der Waals surface area contributed by atoms with Crippen molar-refractivity contribution in [2.24, 2.45) is 0 Å². The lowest BCUT2D eigenvalue weighted by atomic mass is 10.2. The van der Waals surface area contributed by atoms with Gasteiger partial charge in [-0.1, -0.05) is 18.2 Å². The first-order valence-electron chi connectivity index (χ1n) is 7.93. The maximum Gasteiger partial charge on any atom is 0.264 e. The molecule has 0 spiro atoms. The second kappa shape index (κ2) is 6.65. The van der Waals surface area contributed by atoms with Crippen LogP contribution in [0.5, 0.6) is 0 Å². The Bertz CT molecular complexity index is 811. The molecule has 1 aliphatic rings. The average Bonchev–Trinajstić information content (AvgIpc) is 3.16. The van der Waals surface area contributed by atoms with Crippen molar-refractivity contribution in [2.45, 2.75) is 17.7 Å². The van der Waals surface area contributed by atoms with E-state index >= 15 is 0 Å². The summed E-state index contributed by atoms with van der Waals surface area (Å²) in [6, 6.07) is 15.0. The van der Waals surface area contributed by atoms with Crippen molar-refractivity contribution in [2.75, 3.05) is 24.4 Å². The van der Waals surface area contributed by atoms with Crippen LogP contribution in [0.1, 0.15) is 23.2 Å². The largest absolute Gasteiger partial charge is 0.339 e. The summed E-state index contributed by atoms with van der Waals surface area (Å²) in [7, 11) is -2.09. The van der Waals surface area contributed by atoms with Crippen LogP contribution in [0.3, 0.4) is 0 Å². The Morgan fingerprint density at radius 2 is 1.54 bits per heavy atom. The number of carbonyl (C=O) groups excluding carboxylic acids is 1. The van der Waals surface area contributed by atoms with Gasteiger partial charge < -0.3 is 4.90 Å². The summed E-state index contributed by atoms with van der Waals surface area (Å²) in [5.41, 5.74) is 1.11. The number of hydrogen-bond acceptors (Lipinski definition) is 3. The minimum Gasteiger partial charge on any atom is -0.339 e. The van der Waals surface area contributed by atoms with Crippen LogP contribution in [-0.4, -0.2) is 39.4 Å². The van der Waals surface area contributed by atoms with Gasteiger partial charge in [0.15, 0.2) is 0 Å². The number of rotatable bonds is 4. The summed E-state index contributed by atoms with van der Waals surface area (Å²) in [5, 5.41) is 0. The van der Waals surface area contributed by atoms with Gasteiger partial charge in [-0.2, -0.15) is 0 Å². The summed E-state index contributed by atoms with van der Waals surface area (Å²) in [6.07, 6.45) is 2.09. The molecule has 0 atom stereocenters. The molecule has 6 heteroatoms. The number of likely N-dealkylation sites (tertiary alicyclic amines) is 1. The molecule has 1 aliphatic heterocycles. The summed E-state index contributed by atoms with van der Waals surface area (Å²) in [5.74, 6) is 0.00706. The van der Waals surface area contributed by atoms with Gasteiger partial charge >= 0.3 is 0 Å². The lowest BCUT2D eigenvalue weighted by molar-refractivity contribution is 0.0793. The van der Waals surface area contributed by atoms with Crippen molar-refractivity contribution >= 4 is 21.6 Å². The van der Waals surface area contributed by atoms with Gasteiger partial charge in [0.05, 0.1) is 10.6 Å². The van der Waals surface area contributed by atoms with E-state index in [-0.39, 0.29) is 10.8 Å². The Labute approximate surface area is 142 Å². The molecule has 24 heavy (non-hydrogen) atoms.